The second kappa shape index (κ2) is 6.78. The average molecular weight is 303 g/mol. The first-order chi connectivity index (χ1) is 9.06. The van der Waals surface area contributed by atoms with Gasteiger partial charge in [-0.25, -0.2) is 4.98 Å². The second-order valence-electron chi connectivity index (χ2n) is 5.46. The quantitative estimate of drug-likeness (QED) is 0.840. The van der Waals surface area contributed by atoms with E-state index in [4.69, 9.17) is 27.9 Å². The molecule has 1 N–H and O–H groups in total. The monoisotopic (exact) mass is 302 g/mol. The minimum atomic E-state index is 0.176. The summed E-state index contributed by atoms with van der Waals surface area (Å²) >= 11 is 11.9. The Morgan fingerprint density at radius 1 is 1.42 bits per heavy atom. The third-order valence-electron chi connectivity index (χ3n) is 3.39. The molecule has 2 rings (SSSR count). The maximum Gasteiger partial charge on any atom is 0.172 e. The smallest absolute Gasteiger partial charge is 0.172 e. The van der Waals surface area contributed by atoms with Crippen LogP contribution < -0.4 is 10.1 Å². The van der Waals surface area contributed by atoms with Gasteiger partial charge in [0, 0.05) is 12.5 Å². The Hall–Kier alpha value is -0.510. The number of nitrogens with zero attached hydrogens (tertiary/aromatic N) is 1. The average Bonchev–Trinajstić information content (AvgIpc) is 2.84. The summed E-state index contributed by atoms with van der Waals surface area (Å²) in [5.41, 5.74) is 0. The standard InChI is InChI=1S/C14H20Cl2N2O/c1-9(2)7-12(10-5-6-17-8-10)19-11-3-4-13(15)18-14(11)16/h3-4,9-10,12,17H,5-8H2,1-2H3/t10-,12?/m0/s1. The van der Waals surface area contributed by atoms with Gasteiger partial charge in [0.1, 0.15) is 11.3 Å². The number of nitrogens with one attached hydrogen (secondary N) is 1. The molecule has 1 aliphatic rings. The molecule has 1 saturated heterocycles. The van der Waals surface area contributed by atoms with Crippen molar-refractivity contribution in [3.8, 4) is 5.75 Å². The molecule has 1 unspecified atom stereocenters. The zero-order chi connectivity index (χ0) is 13.8. The van der Waals surface area contributed by atoms with Gasteiger partial charge in [0.05, 0.1) is 0 Å². The largest absolute Gasteiger partial charge is 0.487 e. The maximum absolute atomic E-state index is 6.10. The van der Waals surface area contributed by atoms with Gasteiger partial charge in [-0.2, -0.15) is 0 Å². The summed E-state index contributed by atoms with van der Waals surface area (Å²) in [6.45, 7) is 6.49. The molecule has 0 saturated carbocycles. The number of pyridine rings is 1. The van der Waals surface area contributed by atoms with Gasteiger partial charge < -0.3 is 10.1 Å². The molecule has 5 heteroatoms. The Labute approximate surface area is 124 Å². The first kappa shape index (κ1) is 14.9. The van der Waals surface area contributed by atoms with Crippen molar-refractivity contribution in [3.63, 3.8) is 0 Å². The van der Waals surface area contributed by atoms with Gasteiger partial charge in [0.15, 0.2) is 10.9 Å². The molecule has 2 atom stereocenters. The van der Waals surface area contributed by atoms with Crippen molar-refractivity contribution in [2.45, 2.75) is 32.8 Å². The summed E-state index contributed by atoms with van der Waals surface area (Å²) in [4.78, 5) is 4.02. The van der Waals surface area contributed by atoms with Crippen molar-refractivity contribution in [3.05, 3.63) is 22.4 Å². The highest BCUT2D eigenvalue weighted by molar-refractivity contribution is 6.33. The van der Waals surface area contributed by atoms with E-state index in [1.807, 2.05) is 0 Å². The Balaban J connectivity index is 2.09. The van der Waals surface area contributed by atoms with Crippen LogP contribution in [0.15, 0.2) is 12.1 Å². The van der Waals surface area contributed by atoms with Crippen LogP contribution in [0.25, 0.3) is 0 Å². The van der Waals surface area contributed by atoms with Crippen molar-refractivity contribution in [2.75, 3.05) is 13.1 Å². The SMILES string of the molecule is CC(C)CC(Oc1ccc(Cl)nc1Cl)[C@H]1CCNC1. The molecule has 0 radical (unpaired) electrons. The summed E-state index contributed by atoms with van der Waals surface area (Å²) in [7, 11) is 0. The Bertz CT molecular complexity index is 420. The fraction of sp³-hybridized carbons (Fsp3) is 0.643. The molecule has 19 heavy (non-hydrogen) atoms. The van der Waals surface area contributed by atoms with Crippen LogP contribution in [0, 0.1) is 11.8 Å². The summed E-state index contributed by atoms with van der Waals surface area (Å²) in [6, 6.07) is 3.51. The predicted molar refractivity (Wildman–Crippen MR) is 79.1 cm³/mol. The van der Waals surface area contributed by atoms with Crippen LogP contribution in [0.5, 0.6) is 5.75 Å². The third kappa shape index (κ3) is 4.23. The zero-order valence-corrected chi connectivity index (χ0v) is 12.8. The van der Waals surface area contributed by atoms with E-state index < -0.39 is 0 Å². The molecule has 1 aromatic heterocycles. The highest BCUT2D eigenvalue weighted by Gasteiger charge is 2.27. The molecule has 2 heterocycles. The van der Waals surface area contributed by atoms with Crippen molar-refractivity contribution >= 4 is 23.2 Å². The lowest BCUT2D eigenvalue weighted by Gasteiger charge is -2.26. The van der Waals surface area contributed by atoms with E-state index in [-0.39, 0.29) is 6.10 Å². The molecular formula is C14H20Cl2N2O. The number of halogens is 2. The predicted octanol–water partition coefficient (Wildman–Crippen LogP) is 3.79. The van der Waals surface area contributed by atoms with E-state index in [0.29, 0.717) is 27.9 Å². The molecule has 3 nitrogen and oxygen atoms in total. The van der Waals surface area contributed by atoms with Gasteiger partial charge in [0.25, 0.3) is 0 Å². The minimum absolute atomic E-state index is 0.176. The number of rotatable bonds is 5. The molecular weight excluding hydrogens is 283 g/mol. The van der Waals surface area contributed by atoms with Crippen LogP contribution in [-0.2, 0) is 0 Å². The first-order valence-electron chi connectivity index (χ1n) is 6.75. The second-order valence-corrected chi connectivity index (χ2v) is 6.21. The van der Waals surface area contributed by atoms with Gasteiger partial charge in [-0.1, -0.05) is 37.0 Å². The van der Waals surface area contributed by atoms with Crippen molar-refractivity contribution in [2.24, 2.45) is 11.8 Å². The third-order valence-corrected chi connectivity index (χ3v) is 3.87. The lowest BCUT2D eigenvalue weighted by atomic mass is 9.93. The van der Waals surface area contributed by atoms with E-state index in [1.165, 1.54) is 0 Å². The lowest BCUT2D eigenvalue weighted by molar-refractivity contribution is 0.119. The normalized spacial score (nSPS) is 20.8. The van der Waals surface area contributed by atoms with Crippen LogP contribution in [0.3, 0.4) is 0 Å². The Kier molecular flexibility index (Phi) is 5.31. The van der Waals surface area contributed by atoms with E-state index in [2.05, 4.69) is 24.1 Å². The highest BCUT2D eigenvalue weighted by Crippen LogP contribution is 2.29. The summed E-state index contributed by atoms with van der Waals surface area (Å²) in [5.74, 6) is 1.75. The summed E-state index contributed by atoms with van der Waals surface area (Å²) in [6.07, 6.45) is 2.34. The molecule has 1 aliphatic heterocycles. The zero-order valence-electron chi connectivity index (χ0n) is 11.3. The van der Waals surface area contributed by atoms with Crippen molar-refractivity contribution < 1.29 is 4.74 Å². The maximum atomic E-state index is 6.10. The fourth-order valence-corrected chi connectivity index (χ4v) is 2.84. The number of hydrogen-bond donors (Lipinski definition) is 1. The van der Waals surface area contributed by atoms with Crippen molar-refractivity contribution in [1.29, 1.82) is 0 Å². The Morgan fingerprint density at radius 2 is 2.21 bits per heavy atom. The van der Waals surface area contributed by atoms with Gasteiger partial charge >= 0.3 is 0 Å². The Morgan fingerprint density at radius 3 is 2.79 bits per heavy atom. The number of hydrogen-bond acceptors (Lipinski definition) is 3. The van der Waals surface area contributed by atoms with Crippen LogP contribution in [0.1, 0.15) is 26.7 Å². The first-order valence-corrected chi connectivity index (χ1v) is 7.51. The minimum Gasteiger partial charge on any atom is -0.487 e. The van der Waals surface area contributed by atoms with Gasteiger partial charge in [-0.05, 0) is 37.4 Å². The van der Waals surface area contributed by atoms with E-state index in [9.17, 15) is 0 Å². The summed E-state index contributed by atoms with van der Waals surface area (Å²) < 4.78 is 6.10. The van der Waals surface area contributed by atoms with E-state index in [0.717, 1.165) is 25.9 Å². The highest BCUT2D eigenvalue weighted by atomic mass is 35.5. The van der Waals surface area contributed by atoms with Crippen LogP contribution in [0.2, 0.25) is 10.3 Å². The molecule has 0 aliphatic carbocycles. The lowest BCUT2D eigenvalue weighted by Crippen LogP contribution is -2.30. The fourth-order valence-electron chi connectivity index (χ4n) is 2.45. The number of ether oxygens (including phenoxy) is 1. The van der Waals surface area contributed by atoms with Crippen LogP contribution in [-0.4, -0.2) is 24.2 Å². The molecule has 1 aromatic rings. The summed E-state index contributed by atoms with van der Waals surface area (Å²) in [5, 5.41) is 4.12. The van der Waals surface area contributed by atoms with Crippen molar-refractivity contribution in [1.82, 2.24) is 10.3 Å². The molecule has 0 spiro atoms. The molecule has 1 fully saturated rings. The van der Waals surface area contributed by atoms with Gasteiger partial charge in [-0.15, -0.1) is 0 Å². The van der Waals surface area contributed by atoms with Gasteiger partial charge in [-0.3, -0.25) is 0 Å². The number of aromatic nitrogens is 1. The van der Waals surface area contributed by atoms with Crippen LogP contribution >= 0.6 is 23.2 Å². The van der Waals surface area contributed by atoms with E-state index >= 15 is 0 Å². The van der Waals surface area contributed by atoms with Gasteiger partial charge in [0.2, 0.25) is 0 Å². The topological polar surface area (TPSA) is 34.1 Å². The molecule has 0 amide bonds. The molecule has 106 valence electrons. The van der Waals surface area contributed by atoms with E-state index in [1.54, 1.807) is 12.1 Å². The molecule has 0 bridgehead atoms. The molecule has 0 aromatic carbocycles. The van der Waals surface area contributed by atoms with Crippen LogP contribution in [0.4, 0.5) is 0 Å².